The fourth-order valence-electron chi connectivity index (χ4n) is 0.738. The highest BCUT2D eigenvalue weighted by atomic mass is 35.6. The Morgan fingerprint density at radius 3 is 2.21 bits per heavy atom. The predicted molar refractivity (Wildman–Crippen MR) is 64.9 cm³/mol. The van der Waals surface area contributed by atoms with Crippen LogP contribution in [0.3, 0.4) is 0 Å². The van der Waals surface area contributed by atoms with Gasteiger partial charge in [-0.2, -0.15) is 0 Å². The fourth-order valence-corrected chi connectivity index (χ4v) is 2.03. The number of aliphatic hydroxyl groups is 1. The molecule has 0 atom stereocenters. The van der Waals surface area contributed by atoms with Crippen LogP contribution in [0, 0.1) is 0 Å². The lowest BCUT2D eigenvalue weighted by Crippen LogP contribution is -2.05. The average molecular weight is 272 g/mol. The number of alkyl halides is 3. The summed E-state index contributed by atoms with van der Waals surface area (Å²) >= 11 is 16.8. The van der Waals surface area contributed by atoms with Crippen LogP contribution in [0.4, 0.5) is 5.69 Å². The van der Waals surface area contributed by atoms with Crippen molar-refractivity contribution in [2.24, 2.45) is 4.36 Å². The summed E-state index contributed by atoms with van der Waals surface area (Å²) in [7, 11) is -1.15. The molecule has 0 fully saturated rings. The van der Waals surface area contributed by atoms with Gasteiger partial charge in [-0.05, 0) is 12.1 Å². The molecule has 0 saturated carbocycles. The lowest BCUT2D eigenvalue weighted by atomic mass is 10.3. The van der Waals surface area contributed by atoms with E-state index in [4.69, 9.17) is 39.9 Å². The zero-order chi connectivity index (χ0) is 10.6. The van der Waals surface area contributed by atoms with Crippen LogP contribution < -0.4 is 0 Å². The van der Waals surface area contributed by atoms with Crippen LogP contribution in [0.2, 0.25) is 0 Å². The summed E-state index contributed by atoms with van der Waals surface area (Å²) in [5.74, 6) is 0. The molecular weight excluding hydrogens is 265 g/mol. The van der Waals surface area contributed by atoms with Crippen molar-refractivity contribution in [1.29, 1.82) is 0 Å². The van der Waals surface area contributed by atoms with E-state index >= 15 is 0 Å². The zero-order valence-electron chi connectivity index (χ0n) is 6.90. The van der Waals surface area contributed by atoms with Crippen LogP contribution in [0.1, 0.15) is 0 Å². The molecule has 6 heteroatoms. The topological polar surface area (TPSA) is 32.6 Å². The molecule has 0 aliphatic heterocycles. The molecule has 14 heavy (non-hydrogen) atoms. The van der Waals surface area contributed by atoms with Crippen molar-refractivity contribution in [1.82, 2.24) is 0 Å². The second kappa shape index (κ2) is 5.24. The SMILES string of the molecule is OC=[S-](=Nc1ccccc1)C(Cl)(Cl)Cl. The minimum Gasteiger partial charge on any atom is -0.395 e. The van der Waals surface area contributed by atoms with E-state index in [-0.39, 0.29) is 0 Å². The highest BCUT2D eigenvalue weighted by Gasteiger charge is 2.07. The van der Waals surface area contributed by atoms with Crippen molar-refractivity contribution in [3.05, 3.63) is 30.3 Å². The van der Waals surface area contributed by atoms with Gasteiger partial charge in [0.2, 0.25) is 0 Å². The first-order chi connectivity index (χ1) is 6.54. The Morgan fingerprint density at radius 2 is 1.79 bits per heavy atom. The van der Waals surface area contributed by atoms with Crippen LogP contribution in [-0.4, -0.2) is 13.8 Å². The maximum absolute atomic E-state index is 8.86. The van der Waals surface area contributed by atoms with Crippen LogP contribution in [0.5, 0.6) is 0 Å². The van der Waals surface area contributed by atoms with Crippen molar-refractivity contribution in [3.8, 4) is 0 Å². The first kappa shape index (κ1) is 12.1. The maximum atomic E-state index is 8.86. The molecule has 78 valence electrons. The summed E-state index contributed by atoms with van der Waals surface area (Å²) in [6.07, 6.45) is 0. The van der Waals surface area contributed by atoms with Gasteiger partial charge in [0.1, 0.15) is 3.12 Å². The Kier molecular flexibility index (Phi) is 4.54. The molecule has 0 spiro atoms. The van der Waals surface area contributed by atoms with E-state index in [1.165, 1.54) is 0 Å². The van der Waals surface area contributed by atoms with Gasteiger partial charge in [-0.1, -0.05) is 23.8 Å². The molecule has 1 rings (SSSR count). The largest absolute Gasteiger partial charge is 0.395 e. The molecule has 0 aliphatic carbocycles. The van der Waals surface area contributed by atoms with E-state index in [1.54, 1.807) is 12.1 Å². The van der Waals surface area contributed by atoms with Gasteiger partial charge in [0, 0.05) is 5.69 Å². The number of nitrogens with zero attached hydrogens (tertiary/aromatic N) is 1. The fraction of sp³-hybridized carbons (Fsp3) is 0.125. The number of rotatable bonds is 1. The summed E-state index contributed by atoms with van der Waals surface area (Å²) in [5.41, 5.74) is 1.45. The Hall–Kier alpha value is 0.0700. The molecule has 0 amide bonds. The predicted octanol–water partition coefficient (Wildman–Crippen LogP) is 3.77. The second-order valence-corrected chi connectivity index (χ2v) is 6.88. The van der Waals surface area contributed by atoms with Gasteiger partial charge in [-0.3, -0.25) is 0 Å². The number of benzene rings is 1. The Labute approximate surface area is 99.1 Å². The quantitative estimate of drug-likeness (QED) is 0.471. The molecule has 1 aromatic rings. The molecule has 1 N–H and O–H groups in total. The molecular formula is C8H7Cl3NOS-. The Bertz CT molecular complexity index is 379. The average Bonchev–Trinajstić information content (AvgIpc) is 2.14. The summed E-state index contributed by atoms with van der Waals surface area (Å²) in [5, 5.41) is 8.86. The van der Waals surface area contributed by atoms with E-state index in [0.717, 1.165) is 5.55 Å². The van der Waals surface area contributed by atoms with E-state index < -0.39 is 13.4 Å². The minimum absolute atomic E-state index is 0.660. The third-order valence-electron chi connectivity index (χ3n) is 1.30. The summed E-state index contributed by atoms with van der Waals surface area (Å²) in [4.78, 5) is 0. The van der Waals surface area contributed by atoms with Gasteiger partial charge in [-0.15, -0.1) is 34.8 Å². The molecule has 2 nitrogen and oxygen atoms in total. The molecule has 1 aromatic carbocycles. The Balaban J connectivity index is 3.10. The normalized spacial score (nSPS) is 14.6. The molecule has 0 radical (unpaired) electrons. The molecule has 0 unspecified atom stereocenters. The van der Waals surface area contributed by atoms with Crippen molar-refractivity contribution in [3.63, 3.8) is 0 Å². The second-order valence-electron chi connectivity index (χ2n) is 2.29. The van der Waals surface area contributed by atoms with E-state index in [9.17, 15) is 0 Å². The first-order valence-corrected chi connectivity index (χ1v) is 5.96. The van der Waals surface area contributed by atoms with Crippen molar-refractivity contribution < 1.29 is 5.11 Å². The van der Waals surface area contributed by atoms with Crippen LogP contribution in [0.15, 0.2) is 34.7 Å². The third-order valence-corrected chi connectivity index (χ3v) is 3.80. The van der Waals surface area contributed by atoms with Crippen LogP contribution in [-0.2, 0) is 10.3 Å². The molecule has 0 aromatic heterocycles. The Morgan fingerprint density at radius 1 is 1.21 bits per heavy atom. The smallest absolute Gasteiger partial charge is 0.132 e. The van der Waals surface area contributed by atoms with Gasteiger partial charge in [0.15, 0.2) is 0 Å². The zero-order valence-corrected chi connectivity index (χ0v) is 9.98. The summed E-state index contributed by atoms with van der Waals surface area (Å²) < 4.78 is 2.47. The number of hydrogen-bond acceptors (Lipinski definition) is 2. The minimum atomic E-state index is -1.61. The first-order valence-electron chi connectivity index (χ1n) is 3.58. The van der Waals surface area contributed by atoms with Crippen molar-refractivity contribution in [2.45, 2.75) is 3.12 Å². The standard InChI is InChI=1S/C8H7Cl3NOS/c9-8(10,11)14(6-13)12-7-4-2-1-3-5-7/h1-6,13H/q-1. The molecule has 0 bridgehead atoms. The van der Waals surface area contributed by atoms with Gasteiger partial charge in [0.05, 0.1) is 0 Å². The van der Waals surface area contributed by atoms with E-state index in [0.29, 0.717) is 5.69 Å². The highest BCUT2D eigenvalue weighted by Crippen LogP contribution is 2.29. The van der Waals surface area contributed by atoms with Crippen molar-refractivity contribution >= 4 is 56.3 Å². The molecule has 0 aliphatic rings. The van der Waals surface area contributed by atoms with Crippen LogP contribution in [0.25, 0.3) is 0 Å². The van der Waals surface area contributed by atoms with Crippen LogP contribution >= 0.6 is 34.8 Å². The summed E-state index contributed by atoms with van der Waals surface area (Å²) in [6.45, 7) is 0. The highest BCUT2D eigenvalue weighted by molar-refractivity contribution is 7.91. The number of hydrogen-bond donors (Lipinski definition) is 1. The lowest BCUT2D eigenvalue weighted by Gasteiger charge is -2.20. The van der Waals surface area contributed by atoms with Gasteiger partial charge >= 0.3 is 0 Å². The summed E-state index contributed by atoms with van der Waals surface area (Å²) in [6, 6.07) is 9.02. The monoisotopic (exact) mass is 270 g/mol. The van der Waals surface area contributed by atoms with Gasteiger partial charge < -0.3 is 19.7 Å². The number of aliphatic hydroxyl groups excluding tert-OH is 1. The molecule has 0 heterocycles. The van der Waals surface area contributed by atoms with E-state index in [1.807, 2.05) is 18.2 Å². The number of halogens is 3. The lowest BCUT2D eigenvalue weighted by molar-refractivity contribution is 0.593. The molecule has 0 saturated heterocycles. The third kappa shape index (κ3) is 3.67. The van der Waals surface area contributed by atoms with Gasteiger partial charge in [-0.25, -0.2) is 0 Å². The van der Waals surface area contributed by atoms with Crippen molar-refractivity contribution in [2.75, 3.05) is 0 Å². The van der Waals surface area contributed by atoms with E-state index in [2.05, 4.69) is 4.36 Å². The maximum Gasteiger partial charge on any atom is 0.132 e. The van der Waals surface area contributed by atoms with Gasteiger partial charge in [0.25, 0.3) is 0 Å².